The van der Waals surface area contributed by atoms with Crippen LogP contribution in [0.25, 0.3) is 0 Å². The molecule has 2 rings (SSSR count). The van der Waals surface area contributed by atoms with Crippen molar-refractivity contribution in [1.29, 1.82) is 0 Å². The normalized spacial score (nSPS) is 11.1. The van der Waals surface area contributed by atoms with Gasteiger partial charge >= 0.3 is 0 Å². The number of carbonyl (C=O) groups is 1. The third-order valence-electron chi connectivity index (χ3n) is 3.04. The average molecular weight is 318 g/mol. The van der Waals surface area contributed by atoms with E-state index in [2.05, 4.69) is 36.4 Å². The van der Waals surface area contributed by atoms with E-state index in [1.165, 1.54) is 0 Å². The summed E-state index contributed by atoms with van der Waals surface area (Å²) in [7, 11) is 0. The topological polar surface area (TPSA) is 54.0 Å². The van der Waals surface area contributed by atoms with Crippen LogP contribution in [0.15, 0.2) is 36.7 Å². The number of amides is 1. The summed E-state index contributed by atoms with van der Waals surface area (Å²) in [6.07, 6.45) is 3.25. The minimum Gasteiger partial charge on any atom is -0.379 e. The highest BCUT2D eigenvalue weighted by atomic mass is 35.5. The van der Waals surface area contributed by atoms with Gasteiger partial charge in [-0.3, -0.25) is 9.78 Å². The lowest BCUT2D eigenvalue weighted by atomic mass is 10.1. The number of benzene rings is 1. The molecule has 0 atom stereocenters. The van der Waals surface area contributed by atoms with E-state index >= 15 is 0 Å². The first-order valence-electron chi connectivity index (χ1n) is 7.06. The van der Waals surface area contributed by atoms with Gasteiger partial charge in [0.05, 0.1) is 11.3 Å². The summed E-state index contributed by atoms with van der Waals surface area (Å²) in [5.74, 6) is -0.213. The fourth-order valence-corrected chi connectivity index (χ4v) is 2.18. The van der Waals surface area contributed by atoms with Gasteiger partial charge in [-0.1, -0.05) is 17.7 Å². The van der Waals surface area contributed by atoms with Crippen LogP contribution in [0.5, 0.6) is 0 Å². The highest BCUT2D eigenvalue weighted by Gasteiger charge is 2.13. The minimum absolute atomic E-state index is 0.0969. The molecule has 5 heteroatoms. The van der Waals surface area contributed by atoms with Gasteiger partial charge in [-0.15, -0.1) is 0 Å². The van der Waals surface area contributed by atoms with Gasteiger partial charge in [-0.05, 0) is 51.5 Å². The van der Waals surface area contributed by atoms with Crippen molar-refractivity contribution in [2.45, 2.75) is 33.2 Å². The monoisotopic (exact) mass is 317 g/mol. The molecule has 22 heavy (non-hydrogen) atoms. The Balaban J connectivity index is 2.19. The molecule has 1 aromatic carbocycles. The van der Waals surface area contributed by atoms with Crippen LogP contribution < -0.4 is 10.6 Å². The van der Waals surface area contributed by atoms with Crippen molar-refractivity contribution in [2.24, 2.45) is 0 Å². The molecule has 1 aromatic heterocycles. The Morgan fingerprint density at radius 2 is 1.95 bits per heavy atom. The van der Waals surface area contributed by atoms with Gasteiger partial charge in [0.25, 0.3) is 5.91 Å². The maximum absolute atomic E-state index is 12.4. The van der Waals surface area contributed by atoms with Crippen molar-refractivity contribution >= 4 is 28.9 Å². The Kier molecular flexibility index (Phi) is 4.71. The summed E-state index contributed by atoms with van der Waals surface area (Å²) >= 11 is 6.07. The molecule has 2 aromatic rings. The van der Waals surface area contributed by atoms with E-state index < -0.39 is 0 Å². The Hall–Kier alpha value is -2.07. The Labute approximate surface area is 135 Å². The smallest absolute Gasteiger partial charge is 0.257 e. The van der Waals surface area contributed by atoms with Crippen LogP contribution in [0.2, 0.25) is 5.02 Å². The number of halogens is 1. The molecule has 0 aliphatic heterocycles. The van der Waals surface area contributed by atoms with Crippen molar-refractivity contribution < 1.29 is 4.79 Å². The second kappa shape index (κ2) is 6.36. The summed E-state index contributed by atoms with van der Waals surface area (Å²) in [5, 5.41) is 6.79. The molecule has 0 aliphatic rings. The van der Waals surface area contributed by atoms with Crippen LogP contribution in [-0.2, 0) is 0 Å². The van der Waals surface area contributed by atoms with Crippen molar-refractivity contribution in [2.75, 3.05) is 10.6 Å². The minimum atomic E-state index is -0.213. The first-order valence-corrected chi connectivity index (χ1v) is 7.44. The zero-order valence-corrected chi connectivity index (χ0v) is 14.0. The predicted octanol–water partition coefficient (Wildman–Crippen LogP) is 4.51. The summed E-state index contributed by atoms with van der Waals surface area (Å²) in [6, 6.07) is 7.21. The third kappa shape index (κ3) is 4.21. The molecule has 1 amide bonds. The molecule has 0 fully saturated rings. The molecule has 2 N–H and O–H groups in total. The lowest BCUT2D eigenvalue weighted by Crippen LogP contribution is -2.26. The van der Waals surface area contributed by atoms with Gasteiger partial charge in [-0.2, -0.15) is 0 Å². The number of rotatable bonds is 3. The molecule has 1 heterocycles. The molecular formula is C17H20ClN3O. The van der Waals surface area contributed by atoms with Crippen molar-refractivity contribution in [1.82, 2.24) is 4.98 Å². The first kappa shape index (κ1) is 16.3. The van der Waals surface area contributed by atoms with E-state index in [1.54, 1.807) is 30.6 Å². The lowest BCUT2D eigenvalue weighted by molar-refractivity contribution is 0.102. The number of pyridine rings is 1. The quantitative estimate of drug-likeness (QED) is 0.876. The second-order valence-corrected chi connectivity index (χ2v) is 6.61. The standard InChI is InChI=1S/C17H20ClN3O/c1-11-14(18)6-5-7-15(11)20-16(22)12-8-13(10-19-9-12)21-17(2,3)4/h5-10,21H,1-4H3,(H,20,22). The summed E-state index contributed by atoms with van der Waals surface area (Å²) < 4.78 is 0. The number of hydrogen-bond acceptors (Lipinski definition) is 3. The molecular weight excluding hydrogens is 298 g/mol. The van der Waals surface area contributed by atoms with E-state index in [4.69, 9.17) is 11.6 Å². The van der Waals surface area contributed by atoms with Gasteiger partial charge in [0.2, 0.25) is 0 Å². The van der Waals surface area contributed by atoms with Gasteiger partial charge in [-0.25, -0.2) is 0 Å². The zero-order chi connectivity index (χ0) is 16.3. The van der Waals surface area contributed by atoms with Gasteiger partial charge < -0.3 is 10.6 Å². The molecule has 4 nitrogen and oxygen atoms in total. The molecule has 0 unspecified atom stereocenters. The van der Waals surface area contributed by atoms with Crippen LogP contribution in [0.3, 0.4) is 0 Å². The van der Waals surface area contributed by atoms with E-state index in [1.807, 2.05) is 13.0 Å². The predicted molar refractivity (Wildman–Crippen MR) is 91.8 cm³/mol. The molecule has 0 radical (unpaired) electrons. The number of nitrogens with one attached hydrogen (secondary N) is 2. The van der Waals surface area contributed by atoms with Crippen LogP contribution in [0.1, 0.15) is 36.7 Å². The number of hydrogen-bond donors (Lipinski definition) is 2. The maximum atomic E-state index is 12.4. The van der Waals surface area contributed by atoms with Crippen molar-refractivity contribution in [3.05, 3.63) is 52.8 Å². The van der Waals surface area contributed by atoms with Crippen molar-refractivity contribution in [3.63, 3.8) is 0 Å². The van der Waals surface area contributed by atoms with Gasteiger partial charge in [0, 0.05) is 28.6 Å². The largest absolute Gasteiger partial charge is 0.379 e. The number of aromatic nitrogens is 1. The maximum Gasteiger partial charge on any atom is 0.257 e. The molecule has 0 saturated heterocycles. The van der Waals surface area contributed by atoms with Crippen LogP contribution in [0.4, 0.5) is 11.4 Å². The van der Waals surface area contributed by atoms with E-state index in [0.717, 1.165) is 11.3 Å². The van der Waals surface area contributed by atoms with Gasteiger partial charge in [0.1, 0.15) is 0 Å². The van der Waals surface area contributed by atoms with E-state index in [-0.39, 0.29) is 11.4 Å². The Morgan fingerprint density at radius 1 is 1.23 bits per heavy atom. The van der Waals surface area contributed by atoms with E-state index in [9.17, 15) is 4.79 Å². The van der Waals surface area contributed by atoms with Crippen LogP contribution >= 0.6 is 11.6 Å². The highest BCUT2D eigenvalue weighted by molar-refractivity contribution is 6.31. The fourth-order valence-electron chi connectivity index (χ4n) is 2.00. The zero-order valence-electron chi connectivity index (χ0n) is 13.2. The Bertz CT molecular complexity index is 693. The SMILES string of the molecule is Cc1c(Cl)cccc1NC(=O)c1cncc(NC(C)(C)C)c1. The lowest BCUT2D eigenvalue weighted by Gasteiger charge is -2.22. The third-order valence-corrected chi connectivity index (χ3v) is 3.45. The molecule has 0 bridgehead atoms. The number of nitrogens with zero attached hydrogens (tertiary/aromatic N) is 1. The highest BCUT2D eigenvalue weighted by Crippen LogP contribution is 2.23. The molecule has 0 saturated carbocycles. The summed E-state index contributed by atoms with van der Waals surface area (Å²) in [5.41, 5.74) is 2.75. The first-order chi connectivity index (χ1) is 10.3. The van der Waals surface area contributed by atoms with Crippen LogP contribution in [-0.4, -0.2) is 16.4 Å². The average Bonchev–Trinajstić information content (AvgIpc) is 2.42. The summed E-state index contributed by atoms with van der Waals surface area (Å²) in [6.45, 7) is 8.02. The molecule has 0 aliphatic carbocycles. The molecule has 116 valence electrons. The number of carbonyl (C=O) groups excluding carboxylic acids is 1. The fraction of sp³-hybridized carbons (Fsp3) is 0.294. The van der Waals surface area contributed by atoms with Crippen LogP contribution in [0, 0.1) is 6.92 Å². The van der Waals surface area contributed by atoms with Crippen molar-refractivity contribution in [3.8, 4) is 0 Å². The number of anilines is 2. The molecule has 0 spiro atoms. The summed E-state index contributed by atoms with van der Waals surface area (Å²) in [4.78, 5) is 16.5. The Morgan fingerprint density at radius 3 is 2.64 bits per heavy atom. The second-order valence-electron chi connectivity index (χ2n) is 6.20. The van der Waals surface area contributed by atoms with Gasteiger partial charge in [0.15, 0.2) is 0 Å². The van der Waals surface area contributed by atoms with E-state index in [0.29, 0.717) is 16.3 Å².